The molecule has 0 atom stereocenters. The third-order valence-corrected chi connectivity index (χ3v) is 3.67. The summed E-state index contributed by atoms with van der Waals surface area (Å²) in [5.41, 5.74) is -1.04. The molecule has 0 aliphatic rings. The van der Waals surface area contributed by atoms with E-state index in [1.165, 1.54) is 6.07 Å². The number of alkyl halides is 3. The minimum atomic E-state index is -4.67. The van der Waals surface area contributed by atoms with E-state index < -0.39 is 22.7 Å². The lowest BCUT2D eigenvalue weighted by molar-refractivity contribution is -0.137. The normalized spacial score (nSPS) is 11.6. The summed E-state index contributed by atoms with van der Waals surface area (Å²) < 4.78 is 38.6. The smallest absolute Gasteiger partial charge is 0.360 e. The van der Waals surface area contributed by atoms with E-state index in [-0.39, 0.29) is 11.3 Å². The molecule has 2 aromatic rings. The maximum Gasteiger partial charge on any atom is 0.417 e. The summed E-state index contributed by atoms with van der Waals surface area (Å²) in [6.07, 6.45) is -3.54. The van der Waals surface area contributed by atoms with Crippen LogP contribution in [0.15, 0.2) is 54.2 Å². The van der Waals surface area contributed by atoms with Gasteiger partial charge in [-0.25, -0.2) is 0 Å². The zero-order valence-corrected chi connectivity index (χ0v) is 14.4. The molecule has 0 aliphatic heterocycles. The number of hydrogen-bond acceptors (Lipinski definition) is 3. The molecule has 2 N–H and O–H groups in total. The fourth-order valence-electron chi connectivity index (χ4n) is 1.90. The van der Waals surface area contributed by atoms with E-state index in [4.69, 9.17) is 28.5 Å². The summed E-state index contributed by atoms with van der Waals surface area (Å²) in [6, 6.07) is 11.1. The van der Waals surface area contributed by atoms with Gasteiger partial charge >= 0.3 is 6.18 Å². The predicted octanol–water partition coefficient (Wildman–Crippen LogP) is 5.47. The maximum absolute atomic E-state index is 12.9. The predicted molar refractivity (Wildman–Crippen MR) is 93.9 cm³/mol. The number of hydrogen-bond donors (Lipinski definition) is 2. The monoisotopic (exact) mass is 399 g/mol. The van der Waals surface area contributed by atoms with E-state index in [2.05, 4.69) is 10.6 Å². The summed E-state index contributed by atoms with van der Waals surface area (Å²) in [4.78, 5) is 12.1. The van der Waals surface area contributed by atoms with Crippen LogP contribution in [0.4, 0.5) is 24.5 Å². The van der Waals surface area contributed by atoms with Crippen LogP contribution < -0.4 is 10.6 Å². The highest BCUT2D eigenvalue weighted by Gasteiger charge is 2.33. The van der Waals surface area contributed by atoms with Gasteiger partial charge in [0.15, 0.2) is 0 Å². The Bertz CT molecular complexity index is 905. The quantitative estimate of drug-likeness (QED) is 0.529. The fraction of sp³-hybridized carbons (Fsp3) is 0.0588. The summed E-state index contributed by atoms with van der Waals surface area (Å²) in [5.74, 6) is -0.877. The molecule has 4 nitrogen and oxygen atoms in total. The van der Waals surface area contributed by atoms with Crippen LogP contribution in [0.1, 0.15) is 5.56 Å². The molecule has 134 valence electrons. The fourth-order valence-corrected chi connectivity index (χ4v) is 2.32. The summed E-state index contributed by atoms with van der Waals surface area (Å²) >= 11 is 11.3. The highest BCUT2D eigenvalue weighted by atomic mass is 35.5. The molecule has 9 heteroatoms. The lowest BCUT2D eigenvalue weighted by Crippen LogP contribution is -2.15. The second-order valence-corrected chi connectivity index (χ2v) is 5.81. The third-order valence-electron chi connectivity index (χ3n) is 3.10. The zero-order valence-electron chi connectivity index (χ0n) is 12.9. The van der Waals surface area contributed by atoms with Gasteiger partial charge in [-0.2, -0.15) is 18.4 Å². The van der Waals surface area contributed by atoms with Crippen molar-refractivity contribution in [3.8, 4) is 6.07 Å². The van der Waals surface area contributed by atoms with Crippen molar-refractivity contribution in [2.75, 3.05) is 10.6 Å². The molecule has 0 spiro atoms. The van der Waals surface area contributed by atoms with E-state index in [1.807, 2.05) is 0 Å². The van der Waals surface area contributed by atoms with Crippen molar-refractivity contribution in [1.29, 1.82) is 5.26 Å². The molecule has 0 aliphatic carbocycles. The van der Waals surface area contributed by atoms with Gasteiger partial charge in [0.05, 0.1) is 10.6 Å². The largest absolute Gasteiger partial charge is 0.417 e. The molecule has 2 aromatic carbocycles. The van der Waals surface area contributed by atoms with E-state index in [9.17, 15) is 18.0 Å². The standard InChI is InChI=1S/C17H10Cl2F3N3O/c18-11-2-1-3-12(6-11)24-9-10(8-23)16(26)25-13-4-5-15(19)14(7-13)17(20,21)22/h1-7,9,24H,(H,25,26)/b10-9-. The number of halogens is 5. The van der Waals surface area contributed by atoms with Gasteiger partial charge in [0, 0.05) is 22.6 Å². The van der Waals surface area contributed by atoms with E-state index in [0.717, 1.165) is 12.3 Å². The van der Waals surface area contributed by atoms with Crippen LogP contribution in [0.25, 0.3) is 0 Å². The van der Waals surface area contributed by atoms with Gasteiger partial charge in [0.25, 0.3) is 5.91 Å². The highest BCUT2D eigenvalue weighted by molar-refractivity contribution is 6.31. The number of nitrogens with zero attached hydrogens (tertiary/aromatic N) is 1. The molecular weight excluding hydrogens is 390 g/mol. The number of nitrogens with one attached hydrogen (secondary N) is 2. The summed E-state index contributed by atoms with van der Waals surface area (Å²) in [7, 11) is 0. The molecule has 26 heavy (non-hydrogen) atoms. The van der Waals surface area contributed by atoms with Crippen LogP contribution in [-0.2, 0) is 11.0 Å². The molecule has 0 bridgehead atoms. The number of nitriles is 1. The Hall–Kier alpha value is -2.69. The second kappa shape index (κ2) is 8.13. The number of anilines is 2. The molecule has 0 aromatic heterocycles. The minimum absolute atomic E-state index is 0.143. The first-order valence-corrected chi connectivity index (χ1v) is 7.77. The van der Waals surface area contributed by atoms with E-state index in [1.54, 1.807) is 30.3 Å². The minimum Gasteiger partial charge on any atom is -0.360 e. The number of benzene rings is 2. The van der Waals surface area contributed by atoms with Gasteiger partial charge in [-0.15, -0.1) is 0 Å². The van der Waals surface area contributed by atoms with Crippen LogP contribution in [0, 0.1) is 11.3 Å². The summed E-state index contributed by atoms with van der Waals surface area (Å²) in [6.45, 7) is 0. The molecule has 0 heterocycles. The van der Waals surface area contributed by atoms with E-state index in [0.29, 0.717) is 16.8 Å². The summed E-state index contributed by atoms with van der Waals surface area (Å²) in [5, 5.41) is 14.0. The Morgan fingerprint density at radius 1 is 1.12 bits per heavy atom. The molecular formula is C17H10Cl2F3N3O. The van der Waals surface area contributed by atoms with Gasteiger partial charge in [0.1, 0.15) is 11.6 Å². The highest BCUT2D eigenvalue weighted by Crippen LogP contribution is 2.36. The Morgan fingerprint density at radius 3 is 2.46 bits per heavy atom. The Kier molecular flexibility index (Phi) is 6.14. The van der Waals surface area contributed by atoms with Crippen molar-refractivity contribution >= 4 is 40.5 Å². The van der Waals surface area contributed by atoms with Crippen LogP contribution in [0.5, 0.6) is 0 Å². The van der Waals surface area contributed by atoms with Gasteiger partial charge in [0.2, 0.25) is 0 Å². The van der Waals surface area contributed by atoms with Gasteiger partial charge < -0.3 is 10.6 Å². The SMILES string of the molecule is N#C/C(=C/Nc1cccc(Cl)c1)C(=O)Nc1ccc(Cl)c(C(F)(F)F)c1. The van der Waals surface area contributed by atoms with Crippen LogP contribution in [0.3, 0.4) is 0 Å². The van der Waals surface area contributed by atoms with Gasteiger partial charge in [-0.1, -0.05) is 29.3 Å². The molecule has 1 amide bonds. The molecule has 0 unspecified atom stereocenters. The van der Waals surface area contributed by atoms with Crippen LogP contribution in [-0.4, -0.2) is 5.91 Å². The van der Waals surface area contributed by atoms with Gasteiger partial charge in [-0.05, 0) is 36.4 Å². The Morgan fingerprint density at radius 2 is 1.85 bits per heavy atom. The van der Waals surface area contributed by atoms with Crippen LogP contribution >= 0.6 is 23.2 Å². The Balaban J connectivity index is 2.17. The molecule has 0 radical (unpaired) electrons. The average molecular weight is 400 g/mol. The Labute approximate surface area is 156 Å². The lowest BCUT2D eigenvalue weighted by atomic mass is 10.2. The second-order valence-electron chi connectivity index (χ2n) is 4.97. The first kappa shape index (κ1) is 19.6. The van der Waals surface area contributed by atoms with E-state index >= 15 is 0 Å². The third kappa shape index (κ3) is 5.15. The number of carbonyl (C=O) groups excluding carboxylic acids is 1. The molecule has 0 saturated heterocycles. The van der Waals surface area contributed by atoms with Crippen molar-refractivity contribution < 1.29 is 18.0 Å². The van der Waals surface area contributed by atoms with Gasteiger partial charge in [-0.3, -0.25) is 4.79 Å². The number of amides is 1. The van der Waals surface area contributed by atoms with Crippen LogP contribution in [0.2, 0.25) is 10.0 Å². The number of rotatable bonds is 4. The molecule has 2 rings (SSSR count). The van der Waals surface area contributed by atoms with Crippen molar-refractivity contribution in [3.05, 3.63) is 69.8 Å². The van der Waals surface area contributed by atoms with Crippen molar-refractivity contribution in [1.82, 2.24) is 0 Å². The zero-order chi connectivity index (χ0) is 19.3. The first-order valence-electron chi connectivity index (χ1n) is 7.01. The maximum atomic E-state index is 12.9. The molecule has 0 fully saturated rings. The first-order chi connectivity index (χ1) is 12.2. The van der Waals surface area contributed by atoms with Crippen molar-refractivity contribution in [2.24, 2.45) is 0 Å². The average Bonchev–Trinajstić information content (AvgIpc) is 2.56. The number of carbonyl (C=O) groups is 1. The lowest BCUT2D eigenvalue weighted by Gasteiger charge is -2.11. The van der Waals surface area contributed by atoms with Crippen molar-refractivity contribution in [3.63, 3.8) is 0 Å². The van der Waals surface area contributed by atoms with Crippen molar-refractivity contribution in [2.45, 2.75) is 6.18 Å². The topological polar surface area (TPSA) is 64.9 Å². The molecule has 0 saturated carbocycles.